The first kappa shape index (κ1) is 12.2. The first-order chi connectivity index (χ1) is 7.09. The van der Waals surface area contributed by atoms with E-state index in [9.17, 15) is 0 Å². The van der Waals surface area contributed by atoms with E-state index < -0.39 is 0 Å². The monoisotopic (exact) mass is 206 g/mol. The lowest BCUT2D eigenvalue weighted by Gasteiger charge is -2.12. The highest BCUT2D eigenvalue weighted by molar-refractivity contribution is 5.16. The number of hydrogen-bond acceptors (Lipinski definition) is 2. The second-order valence-corrected chi connectivity index (χ2v) is 4.66. The van der Waals surface area contributed by atoms with Crippen molar-refractivity contribution in [2.75, 3.05) is 0 Å². The molecule has 84 valence electrons. The maximum Gasteiger partial charge on any atom is 0.0372 e. The summed E-state index contributed by atoms with van der Waals surface area (Å²) in [6.07, 6.45) is 5.41. The van der Waals surface area contributed by atoms with Crippen molar-refractivity contribution in [2.45, 2.75) is 46.1 Å². The van der Waals surface area contributed by atoms with Gasteiger partial charge in [-0.05, 0) is 30.9 Å². The van der Waals surface area contributed by atoms with Crippen molar-refractivity contribution < 1.29 is 0 Å². The molecular weight excluding hydrogens is 184 g/mol. The zero-order valence-corrected chi connectivity index (χ0v) is 10.0. The SMILES string of the molecule is Cc1ccc(C(N)CCCC(C)C)cn1. The Morgan fingerprint density at radius 1 is 1.27 bits per heavy atom. The van der Waals surface area contributed by atoms with Crippen molar-refractivity contribution in [3.8, 4) is 0 Å². The van der Waals surface area contributed by atoms with Crippen LogP contribution in [0.5, 0.6) is 0 Å². The van der Waals surface area contributed by atoms with Gasteiger partial charge in [0.25, 0.3) is 0 Å². The van der Waals surface area contributed by atoms with Crippen LogP contribution >= 0.6 is 0 Å². The van der Waals surface area contributed by atoms with Crippen molar-refractivity contribution >= 4 is 0 Å². The molecule has 1 aromatic rings. The zero-order chi connectivity index (χ0) is 11.3. The quantitative estimate of drug-likeness (QED) is 0.803. The predicted molar refractivity (Wildman–Crippen MR) is 64.6 cm³/mol. The molecule has 1 unspecified atom stereocenters. The van der Waals surface area contributed by atoms with Crippen LogP contribution in [0, 0.1) is 12.8 Å². The lowest BCUT2D eigenvalue weighted by atomic mass is 10.00. The van der Waals surface area contributed by atoms with E-state index in [1.165, 1.54) is 12.8 Å². The summed E-state index contributed by atoms with van der Waals surface area (Å²) >= 11 is 0. The molecule has 0 bridgehead atoms. The second kappa shape index (κ2) is 5.86. The van der Waals surface area contributed by atoms with Crippen LogP contribution in [-0.2, 0) is 0 Å². The van der Waals surface area contributed by atoms with Crippen molar-refractivity contribution in [1.82, 2.24) is 4.98 Å². The van der Waals surface area contributed by atoms with Crippen LogP contribution in [0.4, 0.5) is 0 Å². The highest BCUT2D eigenvalue weighted by Crippen LogP contribution is 2.17. The molecule has 2 heteroatoms. The molecule has 15 heavy (non-hydrogen) atoms. The number of aromatic nitrogens is 1. The van der Waals surface area contributed by atoms with Gasteiger partial charge in [0, 0.05) is 17.9 Å². The van der Waals surface area contributed by atoms with E-state index in [-0.39, 0.29) is 6.04 Å². The molecule has 0 aliphatic rings. The van der Waals surface area contributed by atoms with E-state index in [0.717, 1.165) is 23.6 Å². The average Bonchev–Trinajstić information content (AvgIpc) is 2.18. The second-order valence-electron chi connectivity index (χ2n) is 4.66. The lowest BCUT2D eigenvalue weighted by Crippen LogP contribution is -2.10. The van der Waals surface area contributed by atoms with Crippen LogP contribution in [-0.4, -0.2) is 4.98 Å². The smallest absolute Gasteiger partial charge is 0.0372 e. The Kier molecular flexibility index (Phi) is 4.76. The fourth-order valence-corrected chi connectivity index (χ4v) is 1.61. The van der Waals surface area contributed by atoms with Gasteiger partial charge < -0.3 is 5.73 Å². The Labute approximate surface area is 92.9 Å². The first-order valence-corrected chi connectivity index (χ1v) is 5.77. The number of aryl methyl sites for hydroxylation is 1. The molecule has 2 N–H and O–H groups in total. The van der Waals surface area contributed by atoms with Crippen LogP contribution in [0.25, 0.3) is 0 Å². The zero-order valence-electron chi connectivity index (χ0n) is 10.0. The van der Waals surface area contributed by atoms with Gasteiger partial charge in [-0.25, -0.2) is 0 Å². The van der Waals surface area contributed by atoms with E-state index in [2.05, 4.69) is 24.9 Å². The Bertz CT molecular complexity index is 277. The number of rotatable bonds is 5. The molecule has 0 aromatic carbocycles. The fourth-order valence-electron chi connectivity index (χ4n) is 1.61. The summed E-state index contributed by atoms with van der Waals surface area (Å²) < 4.78 is 0. The summed E-state index contributed by atoms with van der Waals surface area (Å²) in [7, 11) is 0. The van der Waals surface area contributed by atoms with E-state index in [0.29, 0.717) is 0 Å². The number of nitrogens with zero attached hydrogens (tertiary/aromatic N) is 1. The highest BCUT2D eigenvalue weighted by Gasteiger charge is 2.06. The van der Waals surface area contributed by atoms with Gasteiger partial charge in [0.15, 0.2) is 0 Å². The van der Waals surface area contributed by atoms with E-state index in [1.807, 2.05) is 19.2 Å². The van der Waals surface area contributed by atoms with Crippen molar-refractivity contribution in [3.05, 3.63) is 29.6 Å². The van der Waals surface area contributed by atoms with Gasteiger partial charge in [-0.15, -0.1) is 0 Å². The Hall–Kier alpha value is -0.890. The van der Waals surface area contributed by atoms with Crippen LogP contribution in [0.3, 0.4) is 0 Å². The molecule has 0 saturated carbocycles. The summed E-state index contributed by atoms with van der Waals surface area (Å²) in [5.41, 5.74) is 8.30. The first-order valence-electron chi connectivity index (χ1n) is 5.77. The van der Waals surface area contributed by atoms with Crippen molar-refractivity contribution in [1.29, 1.82) is 0 Å². The molecule has 0 saturated heterocycles. The van der Waals surface area contributed by atoms with Gasteiger partial charge in [-0.3, -0.25) is 4.98 Å². The molecule has 1 atom stereocenters. The minimum atomic E-state index is 0.150. The summed E-state index contributed by atoms with van der Waals surface area (Å²) in [5.74, 6) is 0.772. The maximum absolute atomic E-state index is 6.09. The molecule has 0 spiro atoms. The molecular formula is C13H22N2. The number of nitrogens with two attached hydrogens (primary N) is 1. The van der Waals surface area contributed by atoms with Crippen LogP contribution in [0.1, 0.15) is 50.4 Å². The van der Waals surface area contributed by atoms with Gasteiger partial charge in [0.05, 0.1) is 0 Å². The minimum absolute atomic E-state index is 0.150. The average molecular weight is 206 g/mol. The summed E-state index contributed by atoms with van der Waals surface area (Å²) in [6.45, 7) is 6.49. The van der Waals surface area contributed by atoms with Crippen molar-refractivity contribution in [2.24, 2.45) is 11.7 Å². The highest BCUT2D eigenvalue weighted by atomic mass is 14.7. The molecule has 1 heterocycles. The van der Waals surface area contributed by atoms with Crippen molar-refractivity contribution in [3.63, 3.8) is 0 Å². The Balaban J connectivity index is 2.40. The summed E-state index contributed by atoms with van der Waals surface area (Å²) in [4.78, 5) is 4.26. The molecule has 0 amide bonds. The third-order valence-electron chi connectivity index (χ3n) is 2.66. The summed E-state index contributed by atoms with van der Waals surface area (Å²) in [5, 5.41) is 0. The van der Waals surface area contributed by atoms with Crippen LogP contribution < -0.4 is 5.73 Å². The molecule has 0 radical (unpaired) electrons. The van der Waals surface area contributed by atoms with Gasteiger partial charge >= 0.3 is 0 Å². The fraction of sp³-hybridized carbons (Fsp3) is 0.615. The van der Waals surface area contributed by atoms with Crippen LogP contribution in [0.2, 0.25) is 0 Å². The third kappa shape index (κ3) is 4.43. The molecule has 0 aliphatic heterocycles. The van der Waals surface area contributed by atoms with E-state index >= 15 is 0 Å². The van der Waals surface area contributed by atoms with Gasteiger partial charge in [-0.2, -0.15) is 0 Å². The predicted octanol–water partition coefficient (Wildman–Crippen LogP) is 3.22. The molecule has 2 nitrogen and oxygen atoms in total. The number of pyridine rings is 1. The summed E-state index contributed by atoms with van der Waals surface area (Å²) in [6, 6.07) is 4.26. The molecule has 1 aromatic heterocycles. The maximum atomic E-state index is 6.09. The number of hydrogen-bond donors (Lipinski definition) is 1. The minimum Gasteiger partial charge on any atom is -0.324 e. The van der Waals surface area contributed by atoms with Gasteiger partial charge in [0.1, 0.15) is 0 Å². The largest absolute Gasteiger partial charge is 0.324 e. The van der Waals surface area contributed by atoms with Gasteiger partial charge in [0.2, 0.25) is 0 Å². The molecule has 0 fully saturated rings. The van der Waals surface area contributed by atoms with Crippen LogP contribution in [0.15, 0.2) is 18.3 Å². The lowest BCUT2D eigenvalue weighted by molar-refractivity contribution is 0.505. The Morgan fingerprint density at radius 3 is 2.53 bits per heavy atom. The van der Waals surface area contributed by atoms with Gasteiger partial charge in [-0.1, -0.05) is 32.8 Å². The normalized spacial score (nSPS) is 13.1. The molecule has 0 aliphatic carbocycles. The third-order valence-corrected chi connectivity index (χ3v) is 2.66. The standard InChI is InChI=1S/C13H22N2/c1-10(2)5-4-6-13(14)12-8-7-11(3)15-9-12/h7-10,13H,4-6,14H2,1-3H3. The van der Waals surface area contributed by atoms with E-state index in [1.54, 1.807) is 0 Å². The topological polar surface area (TPSA) is 38.9 Å². The Morgan fingerprint density at radius 2 is 2.00 bits per heavy atom. The van der Waals surface area contributed by atoms with E-state index in [4.69, 9.17) is 5.73 Å². The molecule has 1 rings (SSSR count).